The van der Waals surface area contributed by atoms with Gasteiger partial charge in [-0.25, -0.2) is 8.42 Å². The molecule has 1 heterocycles. The molecule has 2 unspecified atom stereocenters. The van der Waals surface area contributed by atoms with Crippen molar-refractivity contribution >= 4 is 21.7 Å². The molecule has 1 saturated carbocycles. The van der Waals surface area contributed by atoms with E-state index in [9.17, 15) is 23.1 Å². The van der Waals surface area contributed by atoms with Crippen molar-refractivity contribution in [2.75, 3.05) is 12.8 Å². The number of amides is 1. The van der Waals surface area contributed by atoms with E-state index in [1.54, 1.807) is 0 Å². The standard InChI is InChI=1S/C11H15N3O5S/c1-20(18,19)6-2-7(9(15)16)14(4-6)8-3-11(8,5-12)10(13)17/h6-8H,2-4H2,1H3,(H2,13,17)(H,15,16)/t6-,7+,8?,11?/m1/s1. The number of hydrogen-bond acceptors (Lipinski definition) is 6. The summed E-state index contributed by atoms with van der Waals surface area (Å²) in [6.45, 7) is 0.0111. The van der Waals surface area contributed by atoms with Crippen LogP contribution in [0.5, 0.6) is 0 Å². The molecule has 2 rings (SSSR count). The minimum Gasteiger partial charge on any atom is -0.480 e. The van der Waals surface area contributed by atoms with Crippen molar-refractivity contribution in [1.29, 1.82) is 5.26 Å². The maximum Gasteiger partial charge on any atom is 0.320 e. The quantitative estimate of drug-likeness (QED) is 0.632. The van der Waals surface area contributed by atoms with Crippen LogP contribution in [0.3, 0.4) is 0 Å². The van der Waals surface area contributed by atoms with Gasteiger partial charge < -0.3 is 10.8 Å². The van der Waals surface area contributed by atoms with Gasteiger partial charge in [0.05, 0.1) is 11.3 Å². The molecule has 0 aromatic heterocycles. The van der Waals surface area contributed by atoms with Gasteiger partial charge in [-0.05, 0) is 12.8 Å². The van der Waals surface area contributed by atoms with Crippen molar-refractivity contribution in [1.82, 2.24) is 4.90 Å². The average Bonchev–Trinajstić information content (AvgIpc) is 2.89. The number of hydrogen-bond donors (Lipinski definition) is 2. The van der Waals surface area contributed by atoms with E-state index in [2.05, 4.69) is 0 Å². The molecule has 0 bridgehead atoms. The van der Waals surface area contributed by atoms with E-state index in [0.717, 1.165) is 6.26 Å². The third kappa shape index (κ3) is 2.14. The average molecular weight is 301 g/mol. The molecule has 1 saturated heterocycles. The van der Waals surface area contributed by atoms with Crippen LogP contribution >= 0.6 is 0 Å². The molecule has 0 radical (unpaired) electrons. The van der Waals surface area contributed by atoms with Crippen molar-refractivity contribution in [3.63, 3.8) is 0 Å². The van der Waals surface area contributed by atoms with Crippen molar-refractivity contribution < 1.29 is 23.1 Å². The summed E-state index contributed by atoms with van der Waals surface area (Å²) in [7, 11) is -3.38. The van der Waals surface area contributed by atoms with Crippen LogP contribution in [-0.4, -0.2) is 60.4 Å². The highest BCUT2D eigenvalue weighted by Crippen LogP contribution is 2.51. The van der Waals surface area contributed by atoms with E-state index in [0.29, 0.717) is 0 Å². The van der Waals surface area contributed by atoms with Crippen molar-refractivity contribution in [3.05, 3.63) is 0 Å². The monoisotopic (exact) mass is 301 g/mol. The normalized spacial score (nSPS) is 37.3. The van der Waals surface area contributed by atoms with Crippen molar-refractivity contribution in [2.45, 2.75) is 30.2 Å². The summed E-state index contributed by atoms with van der Waals surface area (Å²) in [5.41, 5.74) is 3.80. The topological polar surface area (TPSA) is 142 Å². The van der Waals surface area contributed by atoms with Crippen LogP contribution in [0, 0.1) is 16.7 Å². The molecule has 8 nitrogen and oxygen atoms in total. The molecular weight excluding hydrogens is 286 g/mol. The summed E-state index contributed by atoms with van der Waals surface area (Å²) >= 11 is 0. The van der Waals surface area contributed by atoms with Crippen molar-refractivity contribution in [3.8, 4) is 6.07 Å². The summed E-state index contributed by atoms with van der Waals surface area (Å²) in [6.07, 6.45) is 1.17. The SMILES string of the molecule is CS(=O)(=O)[C@@H]1C[C@@H](C(=O)O)N(C2CC2(C#N)C(N)=O)C1. The predicted octanol–water partition coefficient (Wildman–Crippen LogP) is -1.67. The van der Waals surface area contributed by atoms with Gasteiger partial charge in [-0.3, -0.25) is 14.5 Å². The first-order valence-corrected chi connectivity index (χ1v) is 7.97. The number of sulfone groups is 1. The summed E-state index contributed by atoms with van der Waals surface area (Å²) in [5, 5.41) is 17.5. The Balaban J connectivity index is 2.26. The van der Waals surface area contributed by atoms with Gasteiger partial charge in [-0.15, -0.1) is 0 Å². The number of primary amides is 1. The Bertz CT molecular complexity index is 610. The Hall–Kier alpha value is -1.66. The first-order chi connectivity index (χ1) is 9.13. The highest BCUT2D eigenvalue weighted by Gasteiger charge is 2.65. The fourth-order valence-corrected chi connectivity index (χ4v) is 3.78. The molecule has 1 aliphatic carbocycles. The Morgan fingerprint density at radius 2 is 2.10 bits per heavy atom. The van der Waals surface area contributed by atoms with E-state index < -0.39 is 44.5 Å². The number of carboxylic acids is 1. The number of nitrogens with zero attached hydrogens (tertiary/aromatic N) is 2. The minimum atomic E-state index is -3.38. The van der Waals surface area contributed by atoms with Gasteiger partial charge in [0.15, 0.2) is 15.3 Å². The summed E-state index contributed by atoms with van der Waals surface area (Å²) in [5.74, 6) is -1.95. The second-order valence-corrected chi connectivity index (χ2v) is 7.73. The third-order valence-corrected chi connectivity index (χ3v) is 5.71. The van der Waals surface area contributed by atoms with Crippen LogP contribution in [0.1, 0.15) is 12.8 Å². The van der Waals surface area contributed by atoms with Gasteiger partial charge in [-0.1, -0.05) is 0 Å². The van der Waals surface area contributed by atoms with Gasteiger partial charge in [0, 0.05) is 18.8 Å². The van der Waals surface area contributed by atoms with Crippen LogP contribution in [0.15, 0.2) is 0 Å². The minimum absolute atomic E-state index is 0.0111. The number of aliphatic carboxylic acids is 1. The first-order valence-electron chi connectivity index (χ1n) is 6.02. The van der Waals surface area contributed by atoms with Crippen LogP contribution < -0.4 is 5.73 Å². The molecule has 3 N–H and O–H groups in total. The van der Waals surface area contributed by atoms with Crippen LogP contribution in [0.4, 0.5) is 0 Å². The number of rotatable bonds is 4. The lowest BCUT2D eigenvalue weighted by Crippen LogP contribution is -2.42. The number of nitrogens with two attached hydrogens (primary N) is 1. The van der Waals surface area contributed by atoms with E-state index >= 15 is 0 Å². The fourth-order valence-electron chi connectivity index (χ4n) is 2.81. The molecule has 1 aliphatic heterocycles. The van der Waals surface area contributed by atoms with Gasteiger partial charge in [0.1, 0.15) is 6.04 Å². The van der Waals surface area contributed by atoms with E-state index in [4.69, 9.17) is 11.0 Å². The molecule has 110 valence electrons. The second-order valence-electron chi connectivity index (χ2n) is 5.41. The summed E-state index contributed by atoms with van der Waals surface area (Å²) in [6, 6.07) is 0.215. The lowest BCUT2D eigenvalue weighted by Gasteiger charge is -2.22. The Labute approximate surface area is 116 Å². The van der Waals surface area contributed by atoms with Crippen LogP contribution in [0.2, 0.25) is 0 Å². The molecule has 0 aromatic rings. The van der Waals surface area contributed by atoms with E-state index in [1.807, 2.05) is 6.07 Å². The molecule has 1 amide bonds. The Morgan fingerprint density at radius 1 is 1.50 bits per heavy atom. The first kappa shape index (κ1) is 14.7. The molecule has 9 heteroatoms. The largest absolute Gasteiger partial charge is 0.480 e. The predicted molar refractivity (Wildman–Crippen MR) is 67.0 cm³/mol. The zero-order valence-corrected chi connectivity index (χ0v) is 11.6. The molecule has 2 fully saturated rings. The molecule has 4 atom stereocenters. The molecule has 2 aliphatic rings. The lowest BCUT2D eigenvalue weighted by atomic mass is 10.1. The van der Waals surface area contributed by atoms with Gasteiger partial charge in [-0.2, -0.15) is 5.26 Å². The summed E-state index contributed by atoms with van der Waals surface area (Å²) < 4.78 is 23.2. The molecule has 20 heavy (non-hydrogen) atoms. The zero-order chi connectivity index (χ0) is 15.3. The van der Waals surface area contributed by atoms with Crippen LogP contribution in [-0.2, 0) is 19.4 Å². The molecular formula is C11H15N3O5S. The highest BCUT2D eigenvalue weighted by molar-refractivity contribution is 7.91. The zero-order valence-electron chi connectivity index (χ0n) is 10.8. The number of likely N-dealkylation sites (tertiary alicyclic amines) is 1. The lowest BCUT2D eigenvalue weighted by molar-refractivity contribution is -0.142. The summed E-state index contributed by atoms with van der Waals surface area (Å²) in [4.78, 5) is 24.0. The number of carbonyl (C=O) groups is 2. The molecule has 0 spiro atoms. The smallest absolute Gasteiger partial charge is 0.320 e. The maximum absolute atomic E-state index is 11.6. The van der Waals surface area contributed by atoms with E-state index in [1.165, 1.54) is 4.90 Å². The van der Waals surface area contributed by atoms with Crippen molar-refractivity contribution in [2.24, 2.45) is 11.1 Å². The highest BCUT2D eigenvalue weighted by atomic mass is 32.2. The third-order valence-electron chi connectivity index (χ3n) is 4.16. The van der Waals surface area contributed by atoms with Gasteiger partial charge in [0.2, 0.25) is 5.91 Å². The van der Waals surface area contributed by atoms with E-state index in [-0.39, 0.29) is 19.4 Å². The number of carboxylic acid groups (broad SMARTS) is 1. The van der Waals surface area contributed by atoms with Gasteiger partial charge >= 0.3 is 5.97 Å². The molecule has 0 aromatic carbocycles. The second kappa shape index (κ2) is 4.43. The maximum atomic E-state index is 11.6. The Kier molecular flexibility index (Phi) is 3.26. The fraction of sp³-hybridized carbons (Fsp3) is 0.727. The Morgan fingerprint density at radius 3 is 2.45 bits per heavy atom. The number of nitriles is 1. The number of carbonyl (C=O) groups excluding carboxylic acids is 1. The van der Waals surface area contributed by atoms with Crippen LogP contribution in [0.25, 0.3) is 0 Å². The van der Waals surface area contributed by atoms with Gasteiger partial charge in [0.25, 0.3) is 0 Å².